The molecule has 1 aromatic rings. The van der Waals surface area contributed by atoms with Gasteiger partial charge in [-0.3, -0.25) is 9.36 Å². The highest BCUT2D eigenvalue weighted by Gasteiger charge is 2.61. The van der Waals surface area contributed by atoms with Crippen LogP contribution in [0.3, 0.4) is 0 Å². The van der Waals surface area contributed by atoms with Gasteiger partial charge in [-0.2, -0.15) is 0 Å². The Hall–Kier alpha value is -1.41. The summed E-state index contributed by atoms with van der Waals surface area (Å²) in [7, 11) is 0. The summed E-state index contributed by atoms with van der Waals surface area (Å²) in [5.41, 5.74) is -1.62. The molecule has 3 rings (SSSR count). The van der Waals surface area contributed by atoms with Crippen LogP contribution in [0.4, 0.5) is 0 Å². The van der Waals surface area contributed by atoms with Gasteiger partial charge in [0.2, 0.25) is 0 Å². The van der Waals surface area contributed by atoms with Crippen molar-refractivity contribution in [1.82, 2.24) is 4.57 Å². The first kappa shape index (κ1) is 11.7. The van der Waals surface area contributed by atoms with Crippen LogP contribution in [-0.4, -0.2) is 50.9 Å². The van der Waals surface area contributed by atoms with E-state index in [1.165, 1.54) is 16.8 Å². The van der Waals surface area contributed by atoms with Crippen LogP contribution in [-0.2, 0) is 9.47 Å². The Balaban J connectivity index is 1.98. The number of fused-ring (bicyclic) bond motifs is 2. The lowest BCUT2D eigenvalue weighted by atomic mass is 10.0. The third kappa shape index (κ3) is 1.42. The van der Waals surface area contributed by atoms with Crippen molar-refractivity contribution in [3.63, 3.8) is 0 Å². The second-order valence-electron chi connectivity index (χ2n) is 4.58. The zero-order chi connectivity index (χ0) is 12.9. The van der Waals surface area contributed by atoms with Crippen molar-refractivity contribution in [3.05, 3.63) is 28.7 Å². The van der Waals surface area contributed by atoms with Gasteiger partial charge < -0.3 is 24.8 Å². The Morgan fingerprint density at radius 1 is 1.56 bits per heavy atom. The molecule has 0 aliphatic carbocycles. The molecule has 0 spiro atoms. The lowest BCUT2D eigenvalue weighted by molar-refractivity contribution is -0.187. The van der Waals surface area contributed by atoms with Crippen LogP contribution in [0.2, 0.25) is 0 Å². The summed E-state index contributed by atoms with van der Waals surface area (Å²) in [6.45, 7) is -0.285. The van der Waals surface area contributed by atoms with Crippen molar-refractivity contribution in [1.29, 1.82) is 0 Å². The van der Waals surface area contributed by atoms with Gasteiger partial charge in [-0.05, 0) is 6.07 Å². The van der Waals surface area contributed by atoms with Crippen molar-refractivity contribution in [2.45, 2.75) is 24.0 Å². The van der Waals surface area contributed by atoms with Gasteiger partial charge >= 0.3 is 0 Å². The quantitative estimate of drug-likeness (QED) is 0.599. The van der Waals surface area contributed by atoms with E-state index in [1.807, 2.05) is 0 Å². The maximum Gasteiger partial charge on any atom is 0.256 e. The molecule has 98 valence electrons. The van der Waals surface area contributed by atoms with Crippen LogP contribution in [0.25, 0.3) is 0 Å². The number of hydrogen-bond acceptors (Lipinski definition) is 6. The molecular formula is C11H13NO6. The molecule has 18 heavy (non-hydrogen) atoms. The average molecular weight is 255 g/mol. The molecule has 7 heteroatoms. The summed E-state index contributed by atoms with van der Waals surface area (Å²) in [5, 5.41) is 28.5. The van der Waals surface area contributed by atoms with Crippen molar-refractivity contribution in [2.75, 3.05) is 13.2 Å². The average Bonchev–Trinajstić information content (AvgIpc) is 2.81. The van der Waals surface area contributed by atoms with E-state index < -0.39 is 29.6 Å². The third-order valence-corrected chi connectivity index (χ3v) is 3.48. The lowest BCUT2D eigenvalue weighted by Gasteiger charge is -2.29. The van der Waals surface area contributed by atoms with E-state index in [2.05, 4.69) is 0 Å². The van der Waals surface area contributed by atoms with Gasteiger partial charge in [0.15, 0.2) is 6.23 Å². The summed E-state index contributed by atoms with van der Waals surface area (Å²) in [6, 6.07) is 2.39. The van der Waals surface area contributed by atoms with E-state index in [9.17, 15) is 20.1 Å². The highest BCUT2D eigenvalue weighted by Crippen LogP contribution is 2.44. The van der Waals surface area contributed by atoms with Crippen molar-refractivity contribution >= 4 is 0 Å². The zero-order valence-corrected chi connectivity index (χ0v) is 9.39. The minimum atomic E-state index is -1.16. The number of aromatic hydroxyl groups is 1. The number of nitrogens with zero attached hydrogens (tertiary/aromatic N) is 1. The molecule has 0 amide bonds. The minimum Gasteiger partial charge on any atom is -0.508 e. The van der Waals surface area contributed by atoms with Crippen LogP contribution < -0.4 is 5.56 Å². The smallest absolute Gasteiger partial charge is 0.256 e. The standard InChI is InChI=1S/C11H13NO6/c13-4-11-5-17-8(9(11)16)10(18-11)12-2-1-6(14)3-7(12)15/h1-3,8-10,13-14,16H,4-5H2/t8-,9+,10?,11+/m1/s1. The van der Waals surface area contributed by atoms with Crippen LogP contribution in [0.1, 0.15) is 6.23 Å². The van der Waals surface area contributed by atoms with Crippen molar-refractivity contribution < 1.29 is 24.8 Å². The Morgan fingerprint density at radius 3 is 2.94 bits per heavy atom. The third-order valence-electron chi connectivity index (χ3n) is 3.48. The molecule has 2 aliphatic heterocycles. The molecule has 2 aliphatic rings. The summed E-state index contributed by atoms with van der Waals surface area (Å²) in [6.07, 6.45) is -1.11. The topological polar surface area (TPSA) is 101 Å². The van der Waals surface area contributed by atoms with Gasteiger partial charge in [-0.1, -0.05) is 0 Å². The van der Waals surface area contributed by atoms with Crippen LogP contribution in [0.15, 0.2) is 23.1 Å². The molecule has 4 atom stereocenters. The second-order valence-corrected chi connectivity index (χ2v) is 4.58. The molecule has 2 fully saturated rings. The number of rotatable bonds is 2. The van der Waals surface area contributed by atoms with Crippen LogP contribution >= 0.6 is 0 Å². The van der Waals surface area contributed by atoms with Gasteiger partial charge in [0.1, 0.15) is 23.6 Å². The first-order valence-electron chi connectivity index (χ1n) is 5.57. The van der Waals surface area contributed by atoms with Gasteiger partial charge in [-0.15, -0.1) is 0 Å². The zero-order valence-electron chi connectivity index (χ0n) is 9.39. The molecular weight excluding hydrogens is 242 g/mol. The molecule has 0 aromatic carbocycles. The molecule has 3 heterocycles. The van der Waals surface area contributed by atoms with E-state index in [0.717, 1.165) is 6.07 Å². The second kappa shape index (κ2) is 3.79. The van der Waals surface area contributed by atoms with Crippen molar-refractivity contribution in [3.8, 4) is 5.75 Å². The number of hydrogen-bond donors (Lipinski definition) is 3. The van der Waals surface area contributed by atoms with E-state index in [-0.39, 0.29) is 19.0 Å². The van der Waals surface area contributed by atoms with Gasteiger partial charge in [0.25, 0.3) is 5.56 Å². The normalized spacial score (nSPS) is 38.2. The summed E-state index contributed by atoms with van der Waals surface area (Å²) >= 11 is 0. The van der Waals surface area contributed by atoms with E-state index in [0.29, 0.717) is 0 Å². The molecule has 2 bridgehead atoms. The molecule has 1 unspecified atom stereocenters. The molecule has 1 aromatic heterocycles. The molecule has 7 nitrogen and oxygen atoms in total. The largest absolute Gasteiger partial charge is 0.508 e. The number of aromatic nitrogens is 1. The Labute approximate surface area is 102 Å². The SMILES string of the molecule is O=c1cc(O)ccn1C1O[C@@]2(CO)CO[C@@H]1[C@@H]2O. The maximum atomic E-state index is 11.7. The Bertz CT molecular complexity index is 529. The van der Waals surface area contributed by atoms with Crippen molar-refractivity contribution in [2.24, 2.45) is 0 Å². The fourth-order valence-electron chi connectivity index (χ4n) is 2.44. The Morgan fingerprint density at radius 2 is 2.33 bits per heavy atom. The van der Waals surface area contributed by atoms with Gasteiger partial charge in [0.05, 0.1) is 13.2 Å². The summed E-state index contributed by atoms with van der Waals surface area (Å²) < 4.78 is 12.2. The molecule has 0 saturated carbocycles. The van der Waals surface area contributed by atoms with Gasteiger partial charge in [0, 0.05) is 12.3 Å². The highest BCUT2D eigenvalue weighted by molar-refractivity contribution is 5.17. The number of aliphatic hydroxyl groups is 2. The molecule has 0 radical (unpaired) electrons. The predicted octanol–water partition coefficient (Wildman–Crippen LogP) is -1.43. The first-order valence-corrected chi connectivity index (χ1v) is 5.57. The number of pyridine rings is 1. The summed E-state index contributed by atoms with van der Waals surface area (Å²) in [4.78, 5) is 11.7. The fraction of sp³-hybridized carbons (Fsp3) is 0.545. The molecule has 3 N–H and O–H groups in total. The number of aliphatic hydroxyl groups excluding tert-OH is 2. The number of ether oxygens (including phenoxy) is 2. The predicted molar refractivity (Wildman–Crippen MR) is 58.1 cm³/mol. The maximum absolute atomic E-state index is 11.7. The van der Waals surface area contributed by atoms with E-state index in [1.54, 1.807) is 0 Å². The van der Waals surface area contributed by atoms with Crippen LogP contribution in [0, 0.1) is 0 Å². The highest BCUT2D eigenvalue weighted by atomic mass is 16.7. The molecule has 2 saturated heterocycles. The van der Waals surface area contributed by atoms with Crippen LogP contribution in [0.5, 0.6) is 5.75 Å². The monoisotopic (exact) mass is 255 g/mol. The fourth-order valence-corrected chi connectivity index (χ4v) is 2.44. The van der Waals surface area contributed by atoms with Gasteiger partial charge in [-0.25, -0.2) is 0 Å². The minimum absolute atomic E-state index is 0.0959. The lowest BCUT2D eigenvalue weighted by Crippen LogP contribution is -2.44. The summed E-state index contributed by atoms with van der Waals surface area (Å²) in [5.74, 6) is -0.141. The Kier molecular flexibility index (Phi) is 2.46. The first-order chi connectivity index (χ1) is 8.57. The van der Waals surface area contributed by atoms with E-state index in [4.69, 9.17) is 9.47 Å². The van der Waals surface area contributed by atoms with E-state index >= 15 is 0 Å².